The van der Waals surface area contributed by atoms with Crippen LogP contribution in [0.2, 0.25) is 0 Å². The minimum absolute atomic E-state index is 0.104. The van der Waals surface area contributed by atoms with Crippen LogP contribution in [0.5, 0.6) is 5.75 Å². The fraction of sp³-hybridized carbons (Fsp3) is 0.423. The number of ether oxygens (including phenoxy) is 3. The standard InChI is InChI=1S/C26H26F3NO5/c1-32-25(31)12-16-15-34-24-13-17(2-3-18(16)24)35-23-7-5-19-20(23)4-6-22(26(27,28)29)21(19)14-30-8-10-33-11-9-30/h2-4,6,13,15,23H,5,7-12,14H2,1H3. The molecule has 1 aromatic heterocycles. The molecule has 9 heteroatoms. The monoisotopic (exact) mass is 489 g/mol. The maximum absolute atomic E-state index is 13.9. The number of benzene rings is 2. The van der Waals surface area contributed by atoms with E-state index in [0.29, 0.717) is 56.0 Å². The quantitative estimate of drug-likeness (QED) is 0.451. The number of halogens is 3. The molecule has 2 aliphatic rings. The summed E-state index contributed by atoms with van der Waals surface area (Å²) in [5, 5.41) is 0.789. The Kier molecular flexibility index (Phi) is 6.46. The number of furan rings is 1. The van der Waals surface area contributed by atoms with Gasteiger partial charge in [-0.3, -0.25) is 9.69 Å². The highest BCUT2D eigenvalue weighted by Gasteiger charge is 2.38. The predicted molar refractivity (Wildman–Crippen MR) is 121 cm³/mol. The van der Waals surface area contributed by atoms with Crippen molar-refractivity contribution in [2.24, 2.45) is 0 Å². The van der Waals surface area contributed by atoms with Gasteiger partial charge in [-0.15, -0.1) is 0 Å². The van der Waals surface area contributed by atoms with Gasteiger partial charge in [0.05, 0.1) is 38.6 Å². The first-order valence-corrected chi connectivity index (χ1v) is 11.6. The minimum Gasteiger partial charge on any atom is -0.486 e. The van der Waals surface area contributed by atoms with Crippen molar-refractivity contribution in [1.82, 2.24) is 4.90 Å². The zero-order chi connectivity index (χ0) is 24.6. The molecule has 1 aliphatic heterocycles. The number of carbonyl (C=O) groups is 1. The lowest BCUT2D eigenvalue weighted by Gasteiger charge is -2.29. The smallest absolute Gasteiger partial charge is 0.416 e. The van der Waals surface area contributed by atoms with Crippen LogP contribution in [-0.2, 0) is 39.8 Å². The Morgan fingerprint density at radius 3 is 2.71 bits per heavy atom. The summed E-state index contributed by atoms with van der Waals surface area (Å²) in [6.45, 7) is 2.52. The zero-order valence-electron chi connectivity index (χ0n) is 19.3. The molecule has 0 saturated carbocycles. The molecule has 2 aromatic carbocycles. The first-order valence-electron chi connectivity index (χ1n) is 11.6. The molecule has 5 rings (SSSR count). The van der Waals surface area contributed by atoms with Crippen LogP contribution < -0.4 is 4.74 Å². The van der Waals surface area contributed by atoms with Crippen molar-refractivity contribution in [1.29, 1.82) is 0 Å². The van der Waals surface area contributed by atoms with E-state index in [1.165, 1.54) is 19.4 Å². The molecule has 0 spiro atoms. The molecule has 0 N–H and O–H groups in total. The molecule has 1 aliphatic carbocycles. The summed E-state index contributed by atoms with van der Waals surface area (Å²) < 4.78 is 63.5. The number of carbonyl (C=O) groups excluding carboxylic acids is 1. The molecule has 6 nitrogen and oxygen atoms in total. The van der Waals surface area contributed by atoms with Crippen molar-refractivity contribution in [2.45, 2.75) is 38.1 Å². The Morgan fingerprint density at radius 2 is 1.97 bits per heavy atom. The van der Waals surface area contributed by atoms with Crippen LogP contribution in [0.3, 0.4) is 0 Å². The van der Waals surface area contributed by atoms with Crippen molar-refractivity contribution in [2.75, 3.05) is 33.4 Å². The highest BCUT2D eigenvalue weighted by Crippen LogP contribution is 2.43. The van der Waals surface area contributed by atoms with E-state index in [9.17, 15) is 18.0 Å². The van der Waals surface area contributed by atoms with E-state index >= 15 is 0 Å². The van der Waals surface area contributed by atoms with Crippen molar-refractivity contribution in [3.05, 3.63) is 64.4 Å². The third kappa shape index (κ3) is 4.88. The van der Waals surface area contributed by atoms with Gasteiger partial charge in [0.2, 0.25) is 0 Å². The summed E-state index contributed by atoms with van der Waals surface area (Å²) in [5.41, 5.74) is 2.59. The maximum Gasteiger partial charge on any atom is 0.416 e. The third-order valence-corrected chi connectivity index (χ3v) is 6.73. The number of fused-ring (bicyclic) bond motifs is 2. The molecule has 1 atom stereocenters. The van der Waals surface area contributed by atoms with Gasteiger partial charge in [0.25, 0.3) is 0 Å². The molecule has 2 heterocycles. The summed E-state index contributed by atoms with van der Waals surface area (Å²) in [4.78, 5) is 13.6. The summed E-state index contributed by atoms with van der Waals surface area (Å²) in [6, 6.07) is 8.09. The fourth-order valence-corrected chi connectivity index (χ4v) is 4.96. The third-order valence-electron chi connectivity index (χ3n) is 6.73. The lowest BCUT2D eigenvalue weighted by molar-refractivity contribution is -0.140. The number of hydrogen-bond acceptors (Lipinski definition) is 6. The van der Waals surface area contributed by atoms with Gasteiger partial charge in [-0.05, 0) is 47.7 Å². The minimum atomic E-state index is -4.41. The largest absolute Gasteiger partial charge is 0.486 e. The molecule has 3 aromatic rings. The molecule has 186 valence electrons. The van der Waals surface area contributed by atoms with Crippen molar-refractivity contribution < 1.29 is 36.6 Å². The van der Waals surface area contributed by atoms with Crippen LogP contribution in [0.4, 0.5) is 13.2 Å². The van der Waals surface area contributed by atoms with Crippen molar-refractivity contribution >= 4 is 16.9 Å². The van der Waals surface area contributed by atoms with Gasteiger partial charge >= 0.3 is 12.1 Å². The predicted octanol–water partition coefficient (Wildman–Crippen LogP) is 5.07. The summed E-state index contributed by atoms with van der Waals surface area (Å²) in [7, 11) is 1.33. The summed E-state index contributed by atoms with van der Waals surface area (Å²) in [5.74, 6) is 0.200. The van der Waals surface area contributed by atoms with E-state index in [4.69, 9.17) is 18.6 Å². The van der Waals surface area contributed by atoms with Crippen LogP contribution in [0.25, 0.3) is 11.0 Å². The summed E-state index contributed by atoms with van der Waals surface area (Å²) >= 11 is 0. The van der Waals surface area contributed by atoms with E-state index in [0.717, 1.165) is 22.1 Å². The number of rotatable bonds is 6. The van der Waals surface area contributed by atoms with E-state index in [1.54, 1.807) is 18.2 Å². The highest BCUT2D eigenvalue weighted by molar-refractivity contribution is 5.86. The zero-order valence-corrected chi connectivity index (χ0v) is 19.3. The van der Waals surface area contributed by atoms with Crippen molar-refractivity contribution in [3.63, 3.8) is 0 Å². The van der Waals surface area contributed by atoms with Gasteiger partial charge in [0.1, 0.15) is 17.4 Å². The molecule has 0 amide bonds. The van der Waals surface area contributed by atoms with E-state index < -0.39 is 11.7 Å². The average molecular weight is 489 g/mol. The summed E-state index contributed by atoms with van der Waals surface area (Å²) in [6.07, 6.45) is -2.02. The van der Waals surface area contributed by atoms with Crippen LogP contribution in [0.15, 0.2) is 41.0 Å². The topological polar surface area (TPSA) is 61.1 Å². The molecule has 1 saturated heterocycles. The molecule has 1 fully saturated rings. The van der Waals surface area contributed by atoms with Crippen LogP contribution >= 0.6 is 0 Å². The van der Waals surface area contributed by atoms with Crippen LogP contribution in [-0.4, -0.2) is 44.3 Å². The maximum atomic E-state index is 13.9. The van der Waals surface area contributed by atoms with E-state index in [2.05, 4.69) is 0 Å². The molecular weight excluding hydrogens is 463 g/mol. The fourth-order valence-electron chi connectivity index (χ4n) is 4.96. The van der Waals surface area contributed by atoms with Crippen LogP contribution in [0, 0.1) is 0 Å². The first-order chi connectivity index (χ1) is 16.8. The molecule has 35 heavy (non-hydrogen) atoms. The van der Waals surface area contributed by atoms with E-state index in [1.807, 2.05) is 11.0 Å². The number of esters is 1. The average Bonchev–Trinajstić information content (AvgIpc) is 3.43. The van der Waals surface area contributed by atoms with Gasteiger partial charge in [-0.1, -0.05) is 6.07 Å². The second kappa shape index (κ2) is 9.54. The second-order valence-electron chi connectivity index (χ2n) is 8.86. The Labute approximate surface area is 200 Å². The number of alkyl halides is 3. The molecule has 0 bridgehead atoms. The highest BCUT2D eigenvalue weighted by atomic mass is 19.4. The van der Waals surface area contributed by atoms with Gasteiger partial charge in [-0.25, -0.2) is 0 Å². The van der Waals surface area contributed by atoms with Gasteiger partial charge in [0, 0.05) is 36.7 Å². The normalized spacial score (nSPS) is 18.6. The lowest BCUT2D eigenvalue weighted by atomic mass is 9.96. The Balaban J connectivity index is 1.40. The lowest BCUT2D eigenvalue weighted by Crippen LogP contribution is -2.36. The number of hydrogen-bond donors (Lipinski definition) is 0. The number of morpholine rings is 1. The second-order valence-corrected chi connectivity index (χ2v) is 8.86. The first kappa shape index (κ1) is 23.7. The molecule has 1 unspecified atom stereocenters. The van der Waals surface area contributed by atoms with Crippen LogP contribution in [0.1, 0.15) is 40.3 Å². The molecular formula is C26H26F3NO5. The van der Waals surface area contributed by atoms with Crippen molar-refractivity contribution in [3.8, 4) is 5.75 Å². The molecule has 0 radical (unpaired) electrons. The van der Waals surface area contributed by atoms with Gasteiger partial charge in [0.15, 0.2) is 0 Å². The number of methoxy groups -OCH3 is 1. The Hall–Kier alpha value is -3.04. The Morgan fingerprint density at radius 1 is 1.17 bits per heavy atom. The van der Waals surface area contributed by atoms with E-state index in [-0.39, 0.29) is 25.0 Å². The Bertz CT molecular complexity index is 1230. The number of nitrogens with zero attached hydrogens (tertiary/aromatic N) is 1. The SMILES string of the molecule is COC(=O)Cc1coc2cc(OC3CCc4c3ccc(C(F)(F)F)c4CN3CCOCC3)ccc12. The van der Waals surface area contributed by atoms with Gasteiger partial charge < -0.3 is 18.6 Å². The van der Waals surface area contributed by atoms with Gasteiger partial charge in [-0.2, -0.15) is 13.2 Å².